The summed E-state index contributed by atoms with van der Waals surface area (Å²) >= 11 is 0. The molecule has 0 bridgehead atoms. The van der Waals surface area contributed by atoms with Crippen molar-refractivity contribution in [2.75, 3.05) is 26.1 Å². The standard InChI is InChI=1S/C19H23N5O6/c1-28-11-4-2-10(3-5-11)6-7-29-19-22-16(20)13-17(23-19)24(9-21-13)18-15(27)14(26)12(8-25)30-18/h2-5,9,12,14-15,18,25-27H,6-8H2,1H3,(H2,20,22,23)/t12-,14-,15-,18?/m1/s1. The molecule has 30 heavy (non-hydrogen) atoms. The van der Waals surface area contributed by atoms with Crippen molar-refractivity contribution in [2.45, 2.75) is 31.0 Å². The van der Waals surface area contributed by atoms with Crippen LogP contribution in [0, 0.1) is 0 Å². The minimum Gasteiger partial charge on any atom is -0.497 e. The molecule has 4 rings (SSSR count). The Kier molecular flexibility index (Phi) is 5.68. The van der Waals surface area contributed by atoms with Crippen LogP contribution in [-0.4, -0.2) is 73.5 Å². The molecule has 11 heteroatoms. The Morgan fingerprint density at radius 3 is 2.60 bits per heavy atom. The zero-order valence-corrected chi connectivity index (χ0v) is 16.3. The number of aromatic nitrogens is 4. The van der Waals surface area contributed by atoms with E-state index in [0.717, 1.165) is 11.3 Å². The Labute approximate surface area is 171 Å². The third kappa shape index (κ3) is 3.75. The van der Waals surface area contributed by atoms with E-state index in [9.17, 15) is 15.3 Å². The van der Waals surface area contributed by atoms with Crippen molar-refractivity contribution in [3.05, 3.63) is 36.2 Å². The highest BCUT2D eigenvalue weighted by Crippen LogP contribution is 2.32. The van der Waals surface area contributed by atoms with Crippen LogP contribution in [0.25, 0.3) is 11.2 Å². The van der Waals surface area contributed by atoms with E-state index in [-0.39, 0.29) is 17.5 Å². The maximum absolute atomic E-state index is 10.3. The molecule has 0 spiro atoms. The molecule has 1 saturated heterocycles. The molecular weight excluding hydrogens is 394 g/mol. The zero-order valence-electron chi connectivity index (χ0n) is 16.3. The van der Waals surface area contributed by atoms with E-state index in [1.165, 1.54) is 10.9 Å². The summed E-state index contributed by atoms with van der Waals surface area (Å²) in [6.07, 6.45) is -2.39. The lowest BCUT2D eigenvalue weighted by molar-refractivity contribution is -0.0511. The molecule has 1 fully saturated rings. The van der Waals surface area contributed by atoms with E-state index in [1.54, 1.807) is 7.11 Å². The normalized spacial score (nSPS) is 23.7. The van der Waals surface area contributed by atoms with Gasteiger partial charge in [0.1, 0.15) is 24.1 Å². The number of nitrogens with two attached hydrogens (primary N) is 1. The fourth-order valence-corrected chi connectivity index (χ4v) is 3.33. The summed E-state index contributed by atoms with van der Waals surface area (Å²) in [4.78, 5) is 12.6. The van der Waals surface area contributed by atoms with Crippen molar-refractivity contribution in [1.82, 2.24) is 19.5 Å². The summed E-state index contributed by atoms with van der Waals surface area (Å²) in [6, 6.07) is 7.68. The molecule has 11 nitrogen and oxygen atoms in total. The Morgan fingerprint density at radius 1 is 1.17 bits per heavy atom. The molecule has 0 amide bonds. The average molecular weight is 417 g/mol. The van der Waals surface area contributed by atoms with Crippen LogP contribution in [0.1, 0.15) is 11.8 Å². The van der Waals surface area contributed by atoms with Gasteiger partial charge in [0.2, 0.25) is 0 Å². The third-order valence-electron chi connectivity index (χ3n) is 5.00. The molecular formula is C19H23N5O6. The second-order valence-corrected chi connectivity index (χ2v) is 6.89. The van der Waals surface area contributed by atoms with Gasteiger partial charge in [0.15, 0.2) is 23.2 Å². The van der Waals surface area contributed by atoms with Crippen molar-refractivity contribution in [2.24, 2.45) is 0 Å². The SMILES string of the molecule is COc1ccc(CCOc2nc(N)c3ncn(C4O[C@H](CO)[C@@H](O)[C@H]4O)c3n2)cc1. The van der Waals surface area contributed by atoms with E-state index >= 15 is 0 Å². The lowest BCUT2D eigenvalue weighted by Gasteiger charge is -2.16. The number of fused-ring (bicyclic) bond motifs is 1. The van der Waals surface area contributed by atoms with Gasteiger partial charge in [-0.2, -0.15) is 9.97 Å². The number of imidazole rings is 1. The molecule has 160 valence electrons. The molecule has 0 aliphatic carbocycles. The number of hydrogen-bond acceptors (Lipinski definition) is 10. The predicted octanol–water partition coefficient (Wildman–Crippen LogP) is -0.350. The number of nitrogen functional groups attached to an aromatic ring is 1. The largest absolute Gasteiger partial charge is 0.497 e. The highest BCUT2D eigenvalue weighted by Gasteiger charge is 2.44. The van der Waals surface area contributed by atoms with E-state index < -0.39 is 31.1 Å². The Bertz CT molecular complexity index is 1010. The number of methoxy groups -OCH3 is 1. The van der Waals surface area contributed by atoms with Crippen molar-refractivity contribution < 1.29 is 29.5 Å². The summed E-state index contributed by atoms with van der Waals surface area (Å²) in [5.74, 6) is 0.893. The quantitative estimate of drug-likeness (QED) is 0.400. The van der Waals surface area contributed by atoms with Crippen LogP contribution in [0.5, 0.6) is 11.8 Å². The zero-order chi connectivity index (χ0) is 21.3. The van der Waals surface area contributed by atoms with Crippen molar-refractivity contribution in [3.8, 4) is 11.8 Å². The molecule has 0 radical (unpaired) electrons. The monoisotopic (exact) mass is 417 g/mol. The van der Waals surface area contributed by atoms with Gasteiger partial charge in [-0.25, -0.2) is 4.98 Å². The van der Waals surface area contributed by atoms with E-state index in [2.05, 4.69) is 15.0 Å². The first-order chi connectivity index (χ1) is 14.5. The number of ether oxygens (including phenoxy) is 3. The molecule has 1 aromatic carbocycles. The van der Waals surface area contributed by atoms with Gasteiger partial charge < -0.3 is 35.3 Å². The first kappa shape index (κ1) is 20.3. The maximum Gasteiger partial charge on any atom is 0.320 e. The third-order valence-corrected chi connectivity index (χ3v) is 5.00. The smallest absolute Gasteiger partial charge is 0.320 e. The fourth-order valence-electron chi connectivity index (χ4n) is 3.33. The highest BCUT2D eigenvalue weighted by molar-refractivity contribution is 5.82. The molecule has 1 unspecified atom stereocenters. The minimum absolute atomic E-state index is 0.0574. The van der Waals surface area contributed by atoms with Crippen LogP contribution in [0.15, 0.2) is 30.6 Å². The summed E-state index contributed by atoms with van der Waals surface area (Å²) in [5, 5.41) is 29.6. The van der Waals surface area contributed by atoms with Crippen LogP contribution in [0.3, 0.4) is 0 Å². The van der Waals surface area contributed by atoms with Gasteiger partial charge in [-0.1, -0.05) is 12.1 Å². The Hall–Kier alpha value is -2.99. The van der Waals surface area contributed by atoms with Crippen molar-refractivity contribution in [1.29, 1.82) is 0 Å². The lowest BCUT2D eigenvalue weighted by atomic mass is 10.1. The minimum atomic E-state index is -1.27. The number of rotatable bonds is 7. The average Bonchev–Trinajstić information content (AvgIpc) is 3.30. The van der Waals surface area contributed by atoms with Crippen LogP contribution < -0.4 is 15.2 Å². The Balaban J connectivity index is 1.51. The number of hydrogen-bond donors (Lipinski definition) is 4. The van der Waals surface area contributed by atoms with E-state index in [4.69, 9.17) is 19.9 Å². The van der Waals surface area contributed by atoms with Crippen molar-refractivity contribution in [3.63, 3.8) is 0 Å². The van der Waals surface area contributed by atoms with Crippen molar-refractivity contribution >= 4 is 17.0 Å². The summed E-state index contributed by atoms with van der Waals surface area (Å²) in [5.41, 5.74) is 7.65. The number of anilines is 1. The molecule has 2 aromatic heterocycles. The van der Waals surface area contributed by atoms with Gasteiger partial charge in [0.25, 0.3) is 0 Å². The van der Waals surface area contributed by atoms with Gasteiger partial charge in [-0.3, -0.25) is 4.57 Å². The summed E-state index contributed by atoms with van der Waals surface area (Å²) < 4.78 is 17.8. The number of aliphatic hydroxyl groups excluding tert-OH is 3. The number of aliphatic hydroxyl groups is 3. The van der Waals surface area contributed by atoms with Crippen LogP contribution in [0.2, 0.25) is 0 Å². The number of benzene rings is 1. The Morgan fingerprint density at radius 2 is 1.93 bits per heavy atom. The molecule has 3 aromatic rings. The number of nitrogens with zero attached hydrogens (tertiary/aromatic N) is 4. The van der Waals surface area contributed by atoms with Crippen LogP contribution in [0.4, 0.5) is 5.82 Å². The molecule has 0 saturated carbocycles. The molecule has 4 atom stereocenters. The molecule has 3 heterocycles. The maximum atomic E-state index is 10.3. The lowest BCUT2D eigenvalue weighted by Crippen LogP contribution is -2.33. The summed E-state index contributed by atoms with van der Waals surface area (Å²) in [6.45, 7) is -0.114. The van der Waals surface area contributed by atoms with Gasteiger partial charge in [-0.05, 0) is 17.7 Å². The summed E-state index contributed by atoms with van der Waals surface area (Å²) in [7, 11) is 1.61. The second-order valence-electron chi connectivity index (χ2n) is 6.89. The topological polar surface area (TPSA) is 158 Å². The fraction of sp³-hybridized carbons (Fsp3) is 0.421. The predicted molar refractivity (Wildman–Crippen MR) is 105 cm³/mol. The van der Waals surface area contributed by atoms with Gasteiger partial charge >= 0.3 is 6.01 Å². The van der Waals surface area contributed by atoms with E-state index in [0.29, 0.717) is 18.5 Å². The molecule has 5 N–H and O–H groups in total. The highest BCUT2D eigenvalue weighted by atomic mass is 16.6. The van der Waals surface area contributed by atoms with Crippen LogP contribution >= 0.6 is 0 Å². The first-order valence-corrected chi connectivity index (χ1v) is 9.40. The second kappa shape index (κ2) is 8.40. The van der Waals surface area contributed by atoms with Gasteiger partial charge in [0.05, 0.1) is 26.7 Å². The van der Waals surface area contributed by atoms with Gasteiger partial charge in [0, 0.05) is 6.42 Å². The molecule has 1 aliphatic rings. The van der Waals surface area contributed by atoms with E-state index in [1.807, 2.05) is 24.3 Å². The molecule has 1 aliphatic heterocycles. The first-order valence-electron chi connectivity index (χ1n) is 9.40. The van der Waals surface area contributed by atoms with Gasteiger partial charge in [-0.15, -0.1) is 0 Å². The van der Waals surface area contributed by atoms with Crippen LogP contribution in [-0.2, 0) is 11.2 Å².